The predicted molar refractivity (Wildman–Crippen MR) is 68.0 cm³/mol. The molecule has 2 nitrogen and oxygen atoms in total. The molecule has 0 unspecified atom stereocenters. The van der Waals surface area contributed by atoms with Gasteiger partial charge in [-0.1, -0.05) is 35.9 Å². The van der Waals surface area contributed by atoms with Crippen molar-refractivity contribution in [3.8, 4) is 22.9 Å². The molecule has 0 bridgehead atoms. The molecule has 0 atom stereocenters. The van der Waals surface area contributed by atoms with Crippen molar-refractivity contribution in [3.63, 3.8) is 0 Å². The molecule has 0 aliphatic carbocycles. The summed E-state index contributed by atoms with van der Waals surface area (Å²) in [5, 5.41) is 8.94. The topological polar surface area (TPSA) is 33.0 Å². The highest BCUT2D eigenvalue weighted by Crippen LogP contribution is 2.30. The molecule has 2 aromatic rings. The molecule has 0 aliphatic heterocycles. The minimum absolute atomic E-state index is 0.152. The number of hydrogen-bond acceptors (Lipinski definition) is 2. The summed E-state index contributed by atoms with van der Waals surface area (Å²) in [6.07, 6.45) is -4.81. The molecular formula is C15H10F3NO. The standard InChI is InChI=1S/C15H10F3NO/c1-10-3-2-4-11(7-10)12-5-6-14(13(8-12)9-19)20-15(16,17)18/h2-8H,1H3. The number of benzene rings is 2. The van der Waals surface area contributed by atoms with E-state index in [9.17, 15) is 13.2 Å². The molecule has 0 aliphatic rings. The van der Waals surface area contributed by atoms with E-state index in [1.54, 1.807) is 6.07 Å². The van der Waals surface area contributed by atoms with Crippen molar-refractivity contribution in [2.24, 2.45) is 0 Å². The lowest BCUT2D eigenvalue weighted by molar-refractivity contribution is -0.274. The van der Waals surface area contributed by atoms with E-state index in [-0.39, 0.29) is 5.56 Å². The number of ether oxygens (including phenoxy) is 1. The van der Waals surface area contributed by atoms with Crippen molar-refractivity contribution in [2.75, 3.05) is 0 Å². The number of halogens is 3. The van der Waals surface area contributed by atoms with Crippen LogP contribution in [0.25, 0.3) is 11.1 Å². The lowest BCUT2D eigenvalue weighted by atomic mass is 10.0. The molecule has 102 valence electrons. The molecule has 2 aromatic carbocycles. The molecule has 5 heteroatoms. The van der Waals surface area contributed by atoms with Crippen molar-refractivity contribution < 1.29 is 17.9 Å². The quantitative estimate of drug-likeness (QED) is 0.813. The maximum atomic E-state index is 12.2. The van der Waals surface area contributed by atoms with Crippen LogP contribution in [0.4, 0.5) is 13.2 Å². The molecule has 0 saturated carbocycles. The highest BCUT2D eigenvalue weighted by molar-refractivity contribution is 5.67. The summed E-state index contributed by atoms with van der Waals surface area (Å²) < 4.78 is 40.4. The molecule has 0 radical (unpaired) electrons. The second-order valence-corrected chi connectivity index (χ2v) is 4.24. The van der Waals surface area contributed by atoms with E-state index in [0.29, 0.717) is 5.56 Å². The average molecular weight is 277 g/mol. The van der Waals surface area contributed by atoms with E-state index in [1.807, 2.05) is 31.2 Å². The number of alkyl halides is 3. The summed E-state index contributed by atoms with van der Waals surface area (Å²) in [6, 6.07) is 13.2. The predicted octanol–water partition coefficient (Wildman–Crippen LogP) is 4.43. The number of rotatable bonds is 2. The van der Waals surface area contributed by atoms with E-state index in [2.05, 4.69) is 4.74 Å². The molecular weight excluding hydrogens is 267 g/mol. The van der Waals surface area contributed by atoms with Gasteiger partial charge in [-0.25, -0.2) is 0 Å². The van der Waals surface area contributed by atoms with Gasteiger partial charge < -0.3 is 4.74 Å². The summed E-state index contributed by atoms with van der Waals surface area (Å²) >= 11 is 0. The van der Waals surface area contributed by atoms with E-state index in [0.717, 1.165) is 17.2 Å². The van der Waals surface area contributed by atoms with Crippen LogP contribution < -0.4 is 4.74 Å². The van der Waals surface area contributed by atoms with Crippen molar-refractivity contribution in [1.29, 1.82) is 5.26 Å². The normalized spacial score (nSPS) is 10.9. The highest BCUT2D eigenvalue weighted by atomic mass is 19.4. The molecule has 0 saturated heterocycles. The first-order valence-electron chi connectivity index (χ1n) is 5.76. The number of aryl methyl sites for hydroxylation is 1. The van der Waals surface area contributed by atoms with Crippen LogP contribution in [0.2, 0.25) is 0 Å². The van der Waals surface area contributed by atoms with Crippen LogP contribution in [0.15, 0.2) is 42.5 Å². The fourth-order valence-corrected chi connectivity index (χ4v) is 1.84. The van der Waals surface area contributed by atoms with Crippen LogP contribution in [0.3, 0.4) is 0 Å². The molecule has 0 heterocycles. The van der Waals surface area contributed by atoms with Gasteiger partial charge in [0.2, 0.25) is 0 Å². The minimum Gasteiger partial charge on any atom is -0.404 e. The Balaban J connectivity index is 2.42. The zero-order valence-electron chi connectivity index (χ0n) is 10.5. The monoisotopic (exact) mass is 277 g/mol. The summed E-state index contributed by atoms with van der Waals surface area (Å²) in [4.78, 5) is 0. The molecule has 0 spiro atoms. The average Bonchev–Trinajstić information content (AvgIpc) is 2.37. The first-order valence-corrected chi connectivity index (χ1v) is 5.76. The van der Waals surface area contributed by atoms with Gasteiger partial charge in [-0.05, 0) is 30.2 Å². The SMILES string of the molecule is Cc1cccc(-c2ccc(OC(F)(F)F)c(C#N)c2)c1. The van der Waals surface area contributed by atoms with Crippen LogP contribution in [0.5, 0.6) is 5.75 Å². The largest absolute Gasteiger partial charge is 0.573 e. The fourth-order valence-electron chi connectivity index (χ4n) is 1.84. The smallest absolute Gasteiger partial charge is 0.404 e. The Labute approximate surface area is 114 Å². The Morgan fingerprint density at radius 2 is 1.75 bits per heavy atom. The van der Waals surface area contributed by atoms with Crippen molar-refractivity contribution in [3.05, 3.63) is 53.6 Å². The van der Waals surface area contributed by atoms with Gasteiger partial charge in [-0.3, -0.25) is 0 Å². The van der Waals surface area contributed by atoms with E-state index in [4.69, 9.17) is 5.26 Å². The third-order valence-electron chi connectivity index (χ3n) is 2.68. The van der Waals surface area contributed by atoms with Crippen molar-refractivity contribution in [2.45, 2.75) is 13.3 Å². The van der Waals surface area contributed by atoms with Crippen LogP contribution in [-0.2, 0) is 0 Å². The maximum Gasteiger partial charge on any atom is 0.573 e. The van der Waals surface area contributed by atoms with Crippen molar-refractivity contribution in [1.82, 2.24) is 0 Å². The number of nitriles is 1. The first-order chi connectivity index (χ1) is 9.39. The fraction of sp³-hybridized carbons (Fsp3) is 0.133. The summed E-state index contributed by atoms with van der Waals surface area (Å²) in [7, 11) is 0. The third-order valence-corrected chi connectivity index (χ3v) is 2.68. The van der Waals surface area contributed by atoms with E-state index < -0.39 is 12.1 Å². The second-order valence-electron chi connectivity index (χ2n) is 4.24. The molecule has 2 rings (SSSR count). The third kappa shape index (κ3) is 3.29. The highest BCUT2D eigenvalue weighted by Gasteiger charge is 2.32. The van der Waals surface area contributed by atoms with Gasteiger partial charge in [0.1, 0.15) is 11.8 Å². The van der Waals surface area contributed by atoms with Crippen LogP contribution in [-0.4, -0.2) is 6.36 Å². The van der Waals surface area contributed by atoms with Gasteiger partial charge in [-0.2, -0.15) is 5.26 Å². The summed E-state index contributed by atoms with van der Waals surface area (Å²) in [6.45, 7) is 1.91. The summed E-state index contributed by atoms with van der Waals surface area (Å²) in [5.41, 5.74) is 2.37. The Hall–Kier alpha value is -2.48. The van der Waals surface area contributed by atoms with E-state index >= 15 is 0 Å². The van der Waals surface area contributed by atoms with Gasteiger partial charge in [0.05, 0.1) is 5.56 Å². The second kappa shape index (κ2) is 5.25. The molecule has 20 heavy (non-hydrogen) atoms. The van der Waals surface area contributed by atoms with Gasteiger partial charge in [0.25, 0.3) is 0 Å². The van der Waals surface area contributed by atoms with Gasteiger partial charge in [0.15, 0.2) is 0 Å². The first kappa shape index (κ1) is 13.9. The number of nitrogens with zero attached hydrogens (tertiary/aromatic N) is 1. The Morgan fingerprint density at radius 3 is 2.35 bits per heavy atom. The molecule has 0 aromatic heterocycles. The van der Waals surface area contributed by atoms with Crippen LogP contribution in [0, 0.1) is 18.3 Å². The number of hydrogen-bond donors (Lipinski definition) is 0. The summed E-state index contributed by atoms with van der Waals surface area (Å²) in [5.74, 6) is -0.489. The van der Waals surface area contributed by atoms with Gasteiger partial charge in [0, 0.05) is 0 Å². The lowest BCUT2D eigenvalue weighted by Crippen LogP contribution is -2.17. The van der Waals surface area contributed by atoms with Crippen LogP contribution >= 0.6 is 0 Å². The van der Waals surface area contributed by atoms with Crippen molar-refractivity contribution >= 4 is 0 Å². The van der Waals surface area contributed by atoms with Crippen LogP contribution in [0.1, 0.15) is 11.1 Å². The molecule has 0 fully saturated rings. The lowest BCUT2D eigenvalue weighted by Gasteiger charge is -2.11. The zero-order valence-corrected chi connectivity index (χ0v) is 10.5. The maximum absolute atomic E-state index is 12.2. The zero-order chi connectivity index (χ0) is 14.8. The van der Waals surface area contributed by atoms with Gasteiger partial charge in [-0.15, -0.1) is 13.2 Å². The Kier molecular flexibility index (Phi) is 3.66. The van der Waals surface area contributed by atoms with E-state index in [1.165, 1.54) is 12.1 Å². The Bertz CT molecular complexity index is 672. The Morgan fingerprint density at radius 1 is 1.05 bits per heavy atom. The van der Waals surface area contributed by atoms with Gasteiger partial charge >= 0.3 is 6.36 Å². The minimum atomic E-state index is -4.81. The molecule has 0 amide bonds. The molecule has 0 N–H and O–H groups in total.